The van der Waals surface area contributed by atoms with Crippen LogP contribution in [-0.4, -0.2) is 18.7 Å². The first kappa shape index (κ1) is 31.0. The van der Waals surface area contributed by atoms with Gasteiger partial charge < -0.3 is 5.73 Å². The SMILES string of the molecule is CN(/N=C(/N=C(\N)c1cccc2sc3c(-c4ccccc4)cc(-c4ccccc4)cc3c12)c1ccccc1)c1cccc(-c2ccccc2)c1. The van der Waals surface area contributed by atoms with E-state index < -0.39 is 0 Å². The van der Waals surface area contributed by atoms with Gasteiger partial charge in [0.1, 0.15) is 5.84 Å². The van der Waals surface area contributed by atoms with Gasteiger partial charge in [0, 0.05) is 43.9 Å². The number of anilines is 1. The van der Waals surface area contributed by atoms with Crippen molar-refractivity contribution < 1.29 is 0 Å². The Labute approximate surface area is 296 Å². The van der Waals surface area contributed by atoms with Crippen molar-refractivity contribution >= 4 is 48.9 Å². The minimum Gasteiger partial charge on any atom is -0.383 e. The highest BCUT2D eigenvalue weighted by Gasteiger charge is 2.18. The number of hydrogen-bond acceptors (Lipinski definition) is 3. The molecular formula is C45H34N4S. The first-order chi connectivity index (χ1) is 24.6. The first-order valence-electron chi connectivity index (χ1n) is 16.6. The second-order valence-corrected chi connectivity index (χ2v) is 13.2. The number of nitrogens with zero attached hydrogens (tertiary/aromatic N) is 3. The zero-order valence-corrected chi connectivity index (χ0v) is 28.4. The number of fused-ring (bicyclic) bond motifs is 3. The number of aliphatic imine (C=N–C) groups is 1. The standard InChI is InChI=1S/C45H34N4S/c1-49(37-25-14-24-35(28-37)31-16-6-2-7-17-31)48-45(34-22-12-5-13-23-34)47-44(46)38-26-15-27-41-42(38)40-30-36(32-18-8-3-9-19-32)29-39(43(40)50-41)33-20-10-4-11-21-33/h2-30H,1H3,(H2,46,47,48). The number of thiophene rings is 1. The summed E-state index contributed by atoms with van der Waals surface area (Å²) in [6.07, 6.45) is 0. The third-order valence-corrected chi connectivity index (χ3v) is 10.1. The fourth-order valence-corrected chi connectivity index (χ4v) is 7.64. The molecule has 0 aliphatic carbocycles. The summed E-state index contributed by atoms with van der Waals surface area (Å²) < 4.78 is 2.38. The van der Waals surface area contributed by atoms with E-state index in [9.17, 15) is 0 Å². The molecule has 0 atom stereocenters. The van der Waals surface area contributed by atoms with Crippen molar-refractivity contribution in [2.75, 3.05) is 12.1 Å². The van der Waals surface area contributed by atoms with E-state index in [1.807, 2.05) is 48.5 Å². The molecule has 50 heavy (non-hydrogen) atoms. The molecule has 0 aliphatic rings. The van der Waals surface area contributed by atoms with Crippen molar-refractivity contribution in [3.05, 3.63) is 187 Å². The van der Waals surface area contributed by atoms with Gasteiger partial charge in [-0.3, -0.25) is 5.01 Å². The van der Waals surface area contributed by atoms with Crippen LogP contribution in [0, 0.1) is 0 Å². The normalized spacial score (nSPS) is 12.0. The van der Waals surface area contributed by atoms with Crippen LogP contribution < -0.4 is 10.7 Å². The van der Waals surface area contributed by atoms with E-state index >= 15 is 0 Å². The van der Waals surface area contributed by atoms with E-state index in [0.717, 1.165) is 49.0 Å². The molecule has 0 fully saturated rings. The topological polar surface area (TPSA) is 54.0 Å². The van der Waals surface area contributed by atoms with Gasteiger partial charge in [-0.05, 0) is 58.1 Å². The molecule has 0 aliphatic heterocycles. The molecule has 5 heteroatoms. The van der Waals surface area contributed by atoms with E-state index in [4.69, 9.17) is 15.8 Å². The summed E-state index contributed by atoms with van der Waals surface area (Å²) in [5.41, 5.74) is 16.7. The van der Waals surface area contributed by atoms with Crippen molar-refractivity contribution in [3.63, 3.8) is 0 Å². The number of benzene rings is 7. The predicted molar refractivity (Wildman–Crippen MR) is 214 cm³/mol. The van der Waals surface area contributed by atoms with Gasteiger partial charge in [-0.2, -0.15) is 5.10 Å². The molecule has 0 radical (unpaired) electrons. The molecule has 2 N–H and O–H groups in total. The van der Waals surface area contributed by atoms with Gasteiger partial charge in [-0.1, -0.05) is 146 Å². The maximum Gasteiger partial charge on any atom is 0.181 e. The summed E-state index contributed by atoms with van der Waals surface area (Å²) in [6, 6.07) is 60.8. The summed E-state index contributed by atoms with van der Waals surface area (Å²) in [5.74, 6) is 0.943. The molecule has 7 aromatic carbocycles. The van der Waals surface area contributed by atoms with Gasteiger partial charge in [0.15, 0.2) is 5.84 Å². The maximum absolute atomic E-state index is 7.02. The Kier molecular flexibility index (Phi) is 8.47. The van der Waals surface area contributed by atoms with Crippen LogP contribution in [0.5, 0.6) is 0 Å². The predicted octanol–water partition coefficient (Wildman–Crippen LogP) is 11.3. The average Bonchev–Trinajstić information content (AvgIpc) is 3.57. The van der Waals surface area contributed by atoms with Crippen LogP contribution in [0.15, 0.2) is 186 Å². The number of amidine groups is 2. The highest BCUT2D eigenvalue weighted by atomic mass is 32.1. The van der Waals surface area contributed by atoms with Crippen molar-refractivity contribution in [1.29, 1.82) is 0 Å². The zero-order valence-electron chi connectivity index (χ0n) is 27.6. The van der Waals surface area contributed by atoms with E-state index in [0.29, 0.717) is 11.7 Å². The maximum atomic E-state index is 7.02. The van der Waals surface area contributed by atoms with E-state index in [1.165, 1.54) is 21.4 Å². The highest BCUT2D eigenvalue weighted by Crippen LogP contribution is 2.44. The lowest BCUT2D eigenvalue weighted by atomic mass is 9.95. The van der Waals surface area contributed by atoms with E-state index in [-0.39, 0.29) is 0 Å². The van der Waals surface area contributed by atoms with E-state index in [2.05, 4.69) is 140 Å². The summed E-state index contributed by atoms with van der Waals surface area (Å²) in [6.45, 7) is 0. The third kappa shape index (κ3) is 6.18. The second-order valence-electron chi connectivity index (χ2n) is 12.1. The lowest BCUT2D eigenvalue weighted by molar-refractivity contribution is 1.01. The van der Waals surface area contributed by atoms with Gasteiger partial charge in [0.2, 0.25) is 0 Å². The highest BCUT2D eigenvalue weighted by molar-refractivity contribution is 7.26. The van der Waals surface area contributed by atoms with Crippen LogP contribution in [0.25, 0.3) is 53.6 Å². The van der Waals surface area contributed by atoms with Gasteiger partial charge >= 0.3 is 0 Å². The number of nitrogens with two attached hydrogens (primary N) is 1. The molecular weight excluding hydrogens is 629 g/mol. The summed E-state index contributed by atoms with van der Waals surface area (Å²) in [5, 5.41) is 9.16. The van der Waals surface area contributed by atoms with E-state index in [1.54, 1.807) is 11.3 Å². The summed E-state index contributed by atoms with van der Waals surface area (Å²) in [4.78, 5) is 5.07. The molecule has 0 bridgehead atoms. The van der Waals surface area contributed by atoms with Crippen molar-refractivity contribution in [1.82, 2.24) is 0 Å². The third-order valence-electron chi connectivity index (χ3n) is 8.89. The average molecular weight is 663 g/mol. The van der Waals surface area contributed by atoms with Gasteiger partial charge in [0.25, 0.3) is 0 Å². The Hall–Kier alpha value is -6.30. The molecule has 0 saturated heterocycles. The molecule has 4 nitrogen and oxygen atoms in total. The largest absolute Gasteiger partial charge is 0.383 e. The lowest BCUT2D eigenvalue weighted by Gasteiger charge is -2.16. The lowest BCUT2D eigenvalue weighted by Crippen LogP contribution is -2.19. The Morgan fingerprint density at radius 1 is 0.560 bits per heavy atom. The number of hydrogen-bond donors (Lipinski definition) is 1. The molecule has 8 aromatic rings. The van der Waals surface area contributed by atoms with Crippen LogP contribution in [0.2, 0.25) is 0 Å². The fraction of sp³-hybridized carbons (Fsp3) is 0.0222. The minimum atomic E-state index is 0.413. The van der Waals surface area contributed by atoms with Crippen LogP contribution in [0.1, 0.15) is 11.1 Å². The Balaban J connectivity index is 1.28. The van der Waals surface area contributed by atoms with Crippen LogP contribution in [-0.2, 0) is 0 Å². The zero-order chi connectivity index (χ0) is 33.9. The second kappa shape index (κ2) is 13.7. The molecule has 0 spiro atoms. The Morgan fingerprint density at radius 3 is 1.82 bits per heavy atom. The van der Waals surface area contributed by atoms with Gasteiger partial charge in [-0.25, -0.2) is 4.99 Å². The van der Waals surface area contributed by atoms with Crippen molar-refractivity contribution in [2.24, 2.45) is 15.8 Å². The van der Waals surface area contributed by atoms with Crippen LogP contribution in [0.4, 0.5) is 5.69 Å². The molecule has 0 amide bonds. The molecule has 0 unspecified atom stereocenters. The van der Waals surface area contributed by atoms with Crippen LogP contribution >= 0.6 is 11.3 Å². The summed E-state index contributed by atoms with van der Waals surface area (Å²) in [7, 11) is 1.95. The summed E-state index contributed by atoms with van der Waals surface area (Å²) >= 11 is 1.79. The van der Waals surface area contributed by atoms with Crippen LogP contribution in [0.3, 0.4) is 0 Å². The molecule has 240 valence electrons. The molecule has 1 aromatic heterocycles. The minimum absolute atomic E-state index is 0.413. The molecule has 0 saturated carbocycles. The fourth-order valence-electron chi connectivity index (χ4n) is 6.39. The van der Waals surface area contributed by atoms with Gasteiger partial charge in [0.05, 0.1) is 5.69 Å². The van der Waals surface area contributed by atoms with Crippen molar-refractivity contribution in [2.45, 2.75) is 0 Å². The molecule has 1 heterocycles. The quantitative estimate of drug-likeness (QED) is 0.105. The first-order valence-corrected chi connectivity index (χ1v) is 17.4. The Bertz CT molecular complexity index is 2490. The monoisotopic (exact) mass is 662 g/mol. The number of rotatable bonds is 7. The Morgan fingerprint density at radius 2 is 1.14 bits per heavy atom. The molecule has 8 rings (SSSR count). The smallest absolute Gasteiger partial charge is 0.181 e. The number of hydrazone groups is 1. The van der Waals surface area contributed by atoms with Crippen molar-refractivity contribution in [3.8, 4) is 33.4 Å². The van der Waals surface area contributed by atoms with Gasteiger partial charge in [-0.15, -0.1) is 11.3 Å².